The van der Waals surface area contributed by atoms with Crippen molar-refractivity contribution in [2.45, 2.75) is 44.8 Å². The van der Waals surface area contributed by atoms with Gasteiger partial charge in [0.05, 0.1) is 12.6 Å². The van der Waals surface area contributed by atoms with Crippen LogP contribution in [0.4, 0.5) is 0 Å². The maximum Gasteiger partial charge on any atom is 0.242 e. The van der Waals surface area contributed by atoms with E-state index in [2.05, 4.69) is 67.4 Å². The number of carbonyl (C=O) groups excluding carboxylic acids is 1. The summed E-state index contributed by atoms with van der Waals surface area (Å²) in [5.41, 5.74) is 2.43. The predicted octanol–water partition coefficient (Wildman–Crippen LogP) is 4.32. The van der Waals surface area contributed by atoms with E-state index in [1.165, 1.54) is 11.1 Å². The van der Waals surface area contributed by atoms with Crippen molar-refractivity contribution >= 4 is 34.8 Å². The van der Waals surface area contributed by atoms with Crippen LogP contribution >= 0.6 is 23.8 Å². The summed E-state index contributed by atoms with van der Waals surface area (Å²) in [7, 11) is 0. The van der Waals surface area contributed by atoms with Gasteiger partial charge in [-0.1, -0.05) is 54.1 Å². The Kier molecular flexibility index (Phi) is 7.27. The molecule has 0 spiro atoms. The Labute approximate surface area is 207 Å². The van der Waals surface area contributed by atoms with E-state index < -0.39 is 0 Å². The first-order chi connectivity index (χ1) is 15.7. The number of rotatable bonds is 5. The molecule has 4 rings (SSSR count). The van der Waals surface area contributed by atoms with E-state index in [9.17, 15) is 4.79 Å². The number of nitrogens with one attached hydrogen (secondary N) is 1. The molecule has 2 aromatic carbocycles. The second kappa shape index (κ2) is 10.00. The van der Waals surface area contributed by atoms with Crippen LogP contribution in [-0.4, -0.2) is 70.0 Å². The molecule has 7 heteroatoms. The van der Waals surface area contributed by atoms with Crippen molar-refractivity contribution in [2.75, 3.05) is 32.7 Å². The van der Waals surface area contributed by atoms with Gasteiger partial charge < -0.3 is 15.1 Å². The van der Waals surface area contributed by atoms with Crippen molar-refractivity contribution in [1.29, 1.82) is 0 Å². The second-order valence-corrected chi connectivity index (χ2v) is 10.6. The smallest absolute Gasteiger partial charge is 0.242 e. The zero-order chi connectivity index (χ0) is 23.6. The Balaban J connectivity index is 1.42. The van der Waals surface area contributed by atoms with E-state index in [4.69, 9.17) is 23.8 Å². The first-order valence-corrected chi connectivity index (χ1v) is 12.4. The lowest BCUT2D eigenvalue weighted by Crippen LogP contribution is -2.62. The highest BCUT2D eigenvalue weighted by Crippen LogP contribution is 2.30. The Morgan fingerprint density at radius 2 is 1.67 bits per heavy atom. The molecule has 33 heavy (non-hydrogen) atoms. The van der Waals surface area contributed by atoms with E-state index in [-0.39, 0.29) is 23.5 Å². The van der Waals surface area contributed by atoms with Crippen molar-refractivity contribution in [3.63, 3.8) is 0 Å². The van der Waals surface area contributed by atoms with Crippen molar-refractivity contribution in [3.05, 3.63) is 70.7 Å². The first kappa shape index (κ1) is 24.0. The summed E-state index contributed by atoms with van der Waals surface area (Å²) in [4.78, 5) is 19.6. The van der Waals surface area contributed by atoms with Gasteiger partial charge in [0.2, 0.25) is 5.91 Å². The lowest BCUT2D eigenvalue weighted by atomic mass is 9.93. The summed E-state index contributed by atoms with van der Waals surface area (Å²) in [6, 6.07) is 19.0. The Morgan fingerprint density at radius 1 is 1.06 bits per heavy atom. The molecule has 1 N–H and O–H groups in total. The van der Waals surface area contributed by atoms with E-state index in [1.54, 1.807) is 0 Å². The van der Waals surface area contributed by atoms with E-state index in [1.807, 2.05) is 28.0 Å². The molecule has 2 saturated heterocycles. The minimum atomic E-state index is -0.0320. The van der Waals surface area contributed by atoms with Gasteiger partial charge in [0.15, 0.2) is 5.11 Å². The number of hydrogen-bond donors (Lipinski definition) is 1. The summed E-state index contributed by atoms with van der Waals surface area (Å²) in [5, 5.41) is 4.79. The second-order valence-electron chi connectivity index (χ2n) is 9.78. The highest BCUT2D eigenvalue weighted by Gasteiger charge is 2.35. The summed E-state index contributed by atoms with van der Waals surface area (Å²) in [5.74, 6) is 0.146. The number of thiocarbonyl (C=S) groups is 1. The minimum Gasteiger partial charge on any atom is -0.358 e. The largest absolute Gasteiger partial charge is 0.358 e. The molecule has 0 aromatic heterocycles. The molecule has 0 radical (unpaired) electrons. The monoisotopic (exact) mass is 484 g/mol. The minimum absolute atomic E-state index is 0.0320. The van der Waals surface area contributed by atoms with Crippen LogP contribution in [0, 0.1) is 0 Å². The van der Waals surface area contributed by atoms with Crippen LogP contribution in [0.15, 0.2) is 54.6 Å². The Hall–Kier alpha value is -2.15. The molecule has 0 unspecified atom stereocenters. The van der Waals surface area contributed by atoms with Crippen molar-refractivity contribution in [3.8, 4) is 0 Å². The highest BCUT2D eigenvalue weighted by molar-refractivity contribution is 7.80. The molecule has 2 heterocycles. The van der Waals surface area contributed by atoms with E-state index in [0.29, 0.717) is 24.7 Å². The molecule has 2 aliphatic rings. The normalized spacial score (nSPS) is 22.1. The van der Waals surface area contributed by atoms with Gasteiger partial charge in [-0.3, -0.25) is 9.69 Å². The molecular formula is C26H33ClN4OS. The van der Waals surface area contributed by atoms with Gasteiger partial charge in [0.25, 0.3) is 0 Å². The fourth-order valence-corrected chi connectivity index (χ4v) is 5.71. The molecule has 2 atom stereocenters. The van der Waals surface area contributed by atoms with Gasteiger partial charge in [-0.05, 0) is 62.7 Å². The van der Waals surface area contributed by atoms with Gasteiger partial charge in [0.1, 0.15) is 0 Å². The molecule has 176 valence electrons. The van der Waals surface area contributed by atoms with Gasteiger partial charge in [-0.15, -0.1) is 0 Å². The number of carbonyl (C=O) groups is 1. The zero-order valence-electron chi connectivity index (χ0n) is 19.6. The molecule has 0 aliphatic carbocycles. The third kappa shape index (κ3) is 5.68. The van der Waals surface area contributed by atoms with Crippen molar-refractivity contribution in [2.24, 2.45) is 0 Å². The van der Waals surface area contributed by atoms with Gasteiger partial charge in [-0.25, -0.2) is 0 Å². The maximum atomic E-state index is 13.1. The van der Waals surface area contributed by atoms with Crippen LogP contribution in [-0.2, 0) is 4.79 Å². The first-order valence-electron chi connectivity index (χ1n) is 11.6. The third-order valence-corrected chi connectivity index (χ3v) is 7.27. The van der Waals surface area contributed by atoms with Crippen LogP contribution in [0.1, 0.15) is 44.4 Å². The Morgan fingerprint density at radius 3 is 2.27 bits per heavy atom. The lowest BCUT2D eigenvalue weighted by Gasteiger charge is -2.45. The molecule has 0 saturated carbocycles. The van der Waals surface area contributed by atoms with Crippen LogP contribution in [0.25, 0.3) is 0 Å². The van der Waals surface area contributed by atoms with Crippen molar-refractivity contribution in [1.82, 2.24) is 20.0 Å². The molecule has 1 amide bonds. The molecule has 2 aliphatic heterocycles. The molecule has 0 bridgehead atoms. The number of halogens is 1. The van der Waals surface area contributed by atoms with Crippen molar-refractivity contribution < 1.29 is 4.79 Å². The number of hydrogen-bond acceptors (Lipinski definition) is 3. The molecule has 2 aromatic rings. The standard InChI is InChI=1S/C26H33ClN4OS/c1-19-17-26(2,3)28-25(33)31(19)18-23(32)29-13-15-30(16-14-29)24(20-7-5-4-6-8-20)21-9-11-22(27)12-10-21/h4-12,19,24H,13-18H2,1-3H3,(H,28,33)/t19-,24+/m1/s1. The maximum absolute atomic E-state index is 13.1. The predicted molar refractivity (Wildman–Crippen MR) is 138 cm³/mol. The average Bonchev–Trinajstić information content (AvgIpc) is 2.78. The lowest BCUT2D eigenvalue weighted by molar-refractivity contribution is -0.134. The van der Waals surface area contributed by atoms with Crippen LogP contribution in [0.3, 0.4) is 0 Å². The topological polar surface area (TPSA) is 38.8 Å². The summed E-state index contributed by atoms with van der Waals surface area (Å²) in [6.07, 6.45) is 0.952. The Bertz CT molecular complexity index is 974. The summed E-state index contributed by atoms with van der Waals surface area (Å²) < 4.78 is 0. The molecule has 2 fully saturated rings. The fraction of sp³-hybridized carbons (Fsp3) is 0.462. The molecular weight excluding hydrogens is 452 g/mol. The molecule has 5 nitrogen and oxygen atoms in total. The zero-order valence-corrected chi connectivity index (χ0v) is 21.2. The van der Waals surface area contributed by atoms with E-state index >= 15 is 0 Å². The number of piperazine rings is 1. The highest BCUT2D eigenvalue weighted by atomic mass is 35.5. The SMILES string of the molecule is C[C@@H]1CC(C)(C)NC(=S)N1CC(=O)N1CCN([C@@H](c2ccccc2)c2ccc(Cl)cc2)CC1. The van der Waals surface area contributed by atoms with E-state index in [0.717, 1.165) is 24.5 Å². The van der Waals surface area contributed by atoms with Gasteiger partial charge in [-0.2, -0.15) is 0 Å². The van der Waals surface area contributed by atoms with Crippen LogP contribution in [0.5, 0.6) is 0 Å². The average molecular weight is 485 g/mol. The number of benzene rings is 2. The summed E-state index contributed by atoms with van der Waals surface area (Å²) >= 11 is 11.7. The third-order valence-electron chi connectivity index (χ3n) is 6.68. The summed E-state index contributed by atoms with van der Waals surface area (Å²) in [6.45, 7) is 9.85. The fourth-order valence-electron chi connectivity index (χ4n) is 5.06. The quantitative estimate of drug-likeness (QED) is 0.640. The number of amides is 1. The van der Waals surface area contributed by atoms with Gasteiger partial charge in [0, 0.05) is 42.8 Å². The van der Waals surface area contributed by atoms with Crippen LogP contribution in [0.2, 0.25) is 5.02 Å². The van der Waals surface area contributed by atoms with Crippen LogP contribution < -0.4 is 5.32 Å². The van der Waals surface area contributed by atoms with Gasteiger partial charge >= 0.3 is 0 Å². The number of nitrogens with zero attached hydrogens (tertiary/aromatic N) is 3.